The Morgan fingerprint density at radius 1 is 1.47 bits per heavy atom. The van der Waals surface area contributed by atoms with Crippen LogP contribution in [0.25, 0.3) is 0 Å². The van der Waals surface area contributed by atoms with Gasteiger partial charge in [0.2, 0.25) is 5.56 Å². The Labute approximate surface area is 113 Å². The van der Waals surface area contributed by atoms with Crippen LogP contribution >= 0.6 is 15.9 Å². The zero-order chi connectivity index (χ0) is 14.6. The van der Waals surface area contributed by atoms with Gasteiger partial charge < -0.3 is 14.5 Å². The molecule has 0 saturated carbocycles. The van der Waals surface area contributed by atoms with E-state index >= 15 is 0 Å². The molecule has 0 unspecified atom stereocenters. The predicted octanol–water partition coefficient (Wildman–Crippen LogP) is 1.88. The van der Waals surface area contributed by atoms with Crippen LogP contribution in [0.1, 0.15) is 11.3 Å². The molecule has 1 aromatic rings. The van der Waals surface area contributed by atoms with Gasteiger partial charge in [0.1, 0.15) is 0 Å². The number of aromatic amines is 1. The molecule has 0 bridgehead atoms. The molecule has 0 aliphatic heterocycles. The van der Waals surface area contributed by atoms with Gasteiger partial charge in [0.15, 0.2) is 5.75 Å². The molecule has 0 radical (unpaired) electrons. The van der Waals surface area contributed by atoms with Gasteiger partial charge in [-0.2, -0.15) is 0 Å². The maximum Gasteiger partial charge on any atom is 0.573 e. The summed E-state index contributed by atoms with van der Waals surface area (Å²) in [7, 11) is 1.09. The first-order valence-electron chi connectivity index (χ1n) is 4.90. The molecule has 106 valence electrons. The molecule has 0 aromatic carbocycles. The van der Waals surface area contributed by atoms with Gasteiger partial charge in [0.05, 0.1) is 19.2 Å². The summed E-state index contributed by atoms with van der Waals surface area (Å²) in [5.74, 6) is -1.38. The van der Waals surface area contributed by atoms with Gasteiger partial charge in [-0.15, -0.1) is 13.2 Å². The van der Waals surface area contributed by atoms with Gasteiger partial charge >= 0.3 is 12.3 Å². The highest BCUT2D eigenvalue weighted by atomic mass is 79.9. The topological polar surface area (TPSA) is 68.4 Å². The van der Waals surface area contributed by atoms with Crippen molar-refractivity contribution in [2.24, 2.45) is 0 Å². The van der Waals surface area contributed by atoms with Crippen LogP contribution < -0.4 is 10.3 Å². The number of halogens is 4. The van der Waals surface area contributed by atoms with Gasteiger partial charge in [-0.25, -0.2) is 0 Å². The zero-order valence-electron chi connectivity index (χ0n) is 9.64. The highest BCUT2D eigenvalue weighted by molar-refractivity contribution is 9.08. The normalized spacial score (nSPS) is 11.2. The molecule has 0 atom stereocenters. The lowest BCUT2D eigenvalue weighted by atomic mass is 10.1. The van der Waals surface area contributed by atoms with Crippen LogP contribution in [-0.4, -0.2) is 24.4 Å². The number of carbonyl (C=O) groups excluding carboxylic acids is 1. The largest absolute Gasteiger partial charge is 0.573 e. The smallest absolute Gasteiger partial charge is 0.469 e. The van der Waals surface area contributed by atoms with Gasteiger partial charge in [-0.3, -0.25) is 9.59 Å². The Bertz CT molecular complexity index is 526. The van der Waals surface area contributed by atoms with E-state index in [1.54, 1.807) is 0 Å². The van der Waals surface area contributed by atoms with Crippen LogP contribution in [0.2, 0.25) is 0 Å². The second kappa shape index (κ2) is 6.09. The Balaban J connectivity index is 3.29. The third-order valence-electron chi connectivity index (χ3n) is 2.06. The van der Waals surface area contributed by atoms with Crippen LogP contribution in [0.3, 0.4) is 0 Å². The van der Waals surface area contributed by atoms with Crippen molar-refractivity contribution < 1.29 is 27.4 Å². The summed E-state index contributed by atoms with van der Waals surface area (Å²) in [6.45, 7) is 0. The zero-order valence-corrected chi connectivity index (χ0v) is 11.2. The average molecular weight is 344 g/mol. The number of nitrogens with one attached hydrogen (secondary N) is 1. The number of hydrogen-bond acceptors (Lipinski definition) is 4. The van der Waals surface area contributed by atoms with Crippen molar-refractivity contribution in [1.82, 2.24) is 4.98 Å². The number of ether oxygens (including phenoxy) is 2. The number of carbonyl (C=O) groups is 1. The molecule has 0 fully saturated rings. The predicted molar refractivity (Wildman–Crippen MR) is 62.1 cm³/mol. The standard InChI is InChI=1S/C10H9BrF3NO4/c1-18-8(17)3-5-2-7(16)15-6(4-11)9(5)19-10(12,13)14/h2H,3-4H2,1H3,(H,15,16). The third-order valence-corrected chi connectivity index (χ3v) is 2.62. The van der Waals surface area contributed by atoms with Gasteiger partial charge in [0, 0.05) is 17.0 Å². The molecule has 0 amide bonds. The van der Waals surface area contributed by atoms with Crippen LogP contribution in [-0.2, 0) is 21.3 Å². The van der Waals surface area contributed by atoms with Crippen LogP contribution in [0.5, 0.6) is 5.75 Å². The van der Waals surface area contributed by atoms with Crippen molar-refractivity contribution >= 4 is 21.9 Å². The molecule has 0 saturated heterocycles. The highest BCUT2D eigenvalue weighted by Gasteiger charge is 2.33. The monoisotopic (exact) mass is 343 g/mol. The molecule has 0 aliphatic carbocycles. The van der Waals surface area contributed by atoms with E-state index in [-0.39, 0.29) is 16.6 Å². The molecule has 1 aromatic heterocycles. The Kier molecular flexibility index (Phi) is 4.98. The number of pyridine rings is 1. The number of methoxy groups -OCH3 is 1. The van der Waals surface area contributed by atoms with Crippen molar-refractivity contribution in [3.05, 3.63) is 27.7 Å². The lowest BCUT2D eigenvalue weighted by Crippen LogP contribution is -2.22. The first-order chi connectivity index (χ1) is 8.76. The summed E-state index contributed by atoms with van der Waals surface area (Å²) in [5.41, 5.74) is -0.936. The van der Waals surface area contributed by atoms with Crippen molar-refractivity contribution in [3.63, 3.8) is 0 Å². The first kappa shape index (κ1) is 15.5. The third kappa shape index (κ3) is 4.58. The Morgan fingerprint density at radius 2 is 2.11 bits per heavy atom. The van der Waals surface area contributed by atoms with Gasteiger partial charge in [0.25, 0.3) is 0 Å². The fourth-order valence-electron chi connectivity index (χ4n) is 1.36. The maximum absolute atomic E-state index is 12.3. The van der Waals surface area contributed by atoms with E-state index in [4.69, 9.17) is 0 Å². The molecule has 0 spiro atoms. The fraction of sp³-hybridized carbons (Fsp3) is 0.400. The van der Waals surface area contributed by atoms with Crippen molar-refractivity contribution in [3.8, 4) is 5.75 Å². The quantitative estimate of drug-likeness (QED) is 0.669. The number of esters is 1. The second-order valence-corrected chi connectivity index (χ2v) is 3.96. The summed E-state index contributed by atoms with van der Waals surface area (Å²) >= 11 is 2.93. The second-order valence-electron chi connectivity index (χ2n) is 3.40. The van der Waals surface area contributed by atoms with E-state index in [0.29, 0.717) is 0 Å². The van der Waals surface area contributed by atoms with E-state index < -0.39 is 30.1 Å². The molecule has 9 heteroatoms. The lowest BCUT2D eigenvalue weighted by molar-refractivity contribution is -0.275. The van der Waals surface area contributed by atoms with Crippen LogP contribution in [0.15, 0.2) is 10.9 Å². The summed E-state index contributed by atoms with van der Waals surface area (Å²) < 4.78 is 45.1. The Hall–Kier alpha value is -1.51. The van der Waals surface area contributed by atoms with Crippen molar-refractivity contribution in [1.29, 1.82) is 0 Å². The summed E-state index contributed by atoms with van der Waals surface area (Å²) in [6, 6.07) is 0.865. The lowest BCUT2D eigenvalue weighted by Gasteiger charge is -2.15. The van der Waals surface area contributed by atoms with Crippen molar-refractivity contribution in [2.45, 2.75) is 18.1 Å². The molecule has 1 rings (SSSR count). The number of aromatic nitrogens is 1. The van der Waals surface area contributed by atoms with E-state index in [0.717, 1.165) is 13.2 Å². The van der Waals surface area contributed by atoms with Crippen molar-refractivity contribution in [2.75, 3.05) is 7.11 Å². The molecule has 1 N–H and O–H groups in total. The van der Waals surface area contributed by atoms with E-state index in [1.807, 2.05) is 0 Å². The van der Waals surface area contributed by atoms with E-state index in [1.165, 1.54) is 0 Å². The molecule has 19 heavy (non-hydrogen) atoms. The van der Waals surface area contributed by atoms with E-state index in [9.17, 15) is 22.8 Å². The number of alkyl halides is 4. The molecule has 0 aliphatic rings. The van der Waals surface area contributed by atoms with Gasteiger partial charge in [-0.05, 0) is 0 Å². The number of rotatable bonds is 4. The minimum atomic E-state index is -4.93. The molecule has 1 heterocycles. The number of H-pyrrole nitrogens is 1. The summed E-state index contributed by atoms with van der Waals surface area (Å²) in [4.78, 5) is 24.6. The van der Waals surface area contributed by atoms with Crippen LogP contribution in [0, 0.1) is 0 Å². The molecule has 5 nitrogen and oxygen atoms in total. The van der Waals surface area contributed by atoms with E-state index in [2.05, 4.69) is 30.4 Å². The minimum Gasteiger partial charge on any atom is -0.469 e. The summed E-state index contributed by atoms with van der Waals surface area (Å²) in [6.07, 6.45) is -5.42. The summed E-state index contributed by atoms with van der Waals surface area (Å²) in [5, 5.41) is -0.0668. The number of hydrogen-bond donors (Lipinski definition) is 1. The highest BCUT2D eigenvalue weighted by Crippen LogP contribution is 2.29. The average Bonchev–Trinajstić information content (AvgIpc) is 2.30. The fourth-order valence-corrected chi connectivity index (χ4v) is 1.75. The van der Waals surface area contributed by atoms with Gasteiger partial charge in [-0.1, -0.05) is 15.9 Å². The Morgan fingerprint density at radius 3 is 2.58 bits per heavy atom. The first-order valence-corrected chi connectivity index (χ1v) is 6.02. The minimum absolute atomic E-state index is 0.0668. The molecular formula is C10H9BrF3NO4. The van der Waals surface area contributed by atoms with Crippen LogP contribution in [0.4, 0.5) is 13.2 Å². The molecular weight excluding hydrogens is 335 g/mol. The SMILES string of the molecule is COC(=O)Cc1cc(=O)[nH]c(CBr)c1OC(F)(F)F. The maximum atomic E-state index is 12.3.